The van der Waals surface area contributed by atoms with E-state index in [2.05, 4.69) is 43.3 Å². The lowest BCUT2D eigenvalue weighted by Crippen LogP contribution is -2.22. The molecule has 1 aromatic rings. The van der Waals surface area contributed by atoms with E-state index in [1.54, 1.807) is 12.7 Å². The van der Waals surface area contributed by atoms with Gasteiger partial charge in [-0.3, -0.25) is 0 Å². The van der Waals surface area contributed by atoms with E-state index in [-0.39, 0.29) is 5.41 Å². The fourth-order valence-electron chi connectivity index (χ4n) is 3.36. The quantitative estimate of drug-likeness (QED) is 0.734. The molecule has 0 unspecified atom stereocenters. The minimum atomic E-state index is 0.285. The average molecular weight is 240 g/mol. The molecule has 0 aromatic heterocycles. The van der Waals surface area contributed by atoms with Gasteiger partial charge in [0.25, 0.3) is 0 Å². The van der Waals surface area contributed by atoms with Crippen LogP contribution >= 0.6 is 0 Å². The zero-order chi connectivity index (χ0) is 12.6. The summed E-state index contributed by atoms with van der Waals surface area (Å²) in [7, 11) is 1.71. The lowest BCUT2D eigenvalue weighted by atomic mass is 9.68. The van der Waals surface area contributed by atoms with Gasteiger partial charge in [0, 0.05) is 5.41 Å². The van der Waals surface area contributed by atoms with E-state index in [0.29, 0.717) is 0 Å². The number of hydrogen-bond acceptors (Lipinski definition) is 1. The molecular weight excluding hydrogens is 220 g/mol. The second-order valence-corrected chi connectivity index (χ2v) is 5.54. The first kappa shape index (κ1) is 11.6. The predicted octanol–water partition coefficient (Wildman–Crippen LogP) is 4.60. The number of rotatable bonds is 2. The SMILES string of the molecule is COc1ccc(C2=CC=C3CCCC[C@]32C)cc1. The molecule has 0 spiro atoms. The third-order valence-electron chi connectivity index (χ3n) is 4.53. The van der Waals surface area contributed by atoms with Crippen LogP contribution in [-0.4, -0.2) is 7.11 Å². The van der Waals surface area contributed by atoms with Crippen molar-refractivity contribution in [3.8, 4) is 5.75 Å². The molecule has 0 aliphatic heterocycles. The Morgan fingerprint density at radius 3 is 2.56 bits per heavy atom. The van der Waals surface area contributed by atoms with Crippen molar-refractivity contribution in [2.75, 3.05) is 7.11 Å². The van der Waals surface area contributed by atoms with Gasteiger partial charge in [-0.25, -0.2) is 0 Å². The number of fused-ring (bicyclic) bond motifs is 1. The second kappa shape index (κ2) is 4.31. The maximum atomic E-state index is 5.23. The smallest absolute Gasteiger partial charge is 0.118 e. The fourth-order valence-corrected chi connectivity index (χ4v) is 3.36. The van der Waals surface area contributed by atoms with Gasteiger partial charge in [0.1, 0.15) is 5.75 Å². The van der Waals surface area contributed by atoms with Crippen molar-refractivity contribution in [1.82, 2.24) is 0 Å². The van der Waals surface area contributed by atoms with Crippen LogP contribution in [0.2, 0.25) is 0 Å². The molecule has 0 radical (unpaired) electrons. The molecule has 0 N–H and O–H groups in total. The summed E-state index contributed by atoms with van der Waals surface area (Å²) in [6.45, 7) is 2.40. The van der Waals surface area contributed by atoms with Crippen LogP contribution in [0.4, 0.5) is 0 Å². The number of allylic oxidation sites excluding steroid dienone is 4. The van der Waals surface area contributed by atoms with Crippen molar-refractivity contribution in [2.45, 2.75) is 32.6 Å². The normalized spacial score (nSPS) is 26.3. The highest BCUT2D eigenvalue weighted by atomic mass is 16.5. The van der Waals surface area contributed by atoms with Crippen LogP contribution in [0.5, 0.6) is 5.75 Å². The van der Waals surface area contributed by atoms with Gasteiger partial charge < -0.3 is 4.74 Å². The Hall–Kier alpha value is -1.50. The van der Waals surface area contributed by atoms with Crippen LogP contribution in [0.25, 0.3) is 5.57 Å². The highest BCUT2D eigenvalue weighted by Crippen LogP contribution is 2.53. The molecule has 1 atom stereocenters. The lowest BCUT2D eigenvalue weighted by molar-refractivity contribution is 0.400. The van der Waals surface area contributed by atoms with Crippen LogP contribution in [0.3, 0.4) is 0 Å². The third-order valence-corrected chi connectivity index (χ3v) is 4.53. The van der Waals surface area contributed by atoms with Crippen LogP contribution in [-0.2, 0) is 0 Å². The molecular formula is C17H20O. The largest absolute Gasteiger partial charge is 0.497 e. The fraction of sp³-hybridized carbons (Fsp3) is 0.412. The predicted molar refractivity (Wildman–Crippen MR) is 75.6 cm³/mol. The summed E-state index contributed by atoms with van der Waals surface area (Å²) >= 11 is 0. The molecule has 3 rings (SSSR count). The molecule has 0 amide bonds. The maximum absolute atomic E-state index is 5.23. The number of benzene rings is 1. The van der Waals surface area contributed by atoms with Crippen LogP contribution in [0.1, 0.15) is 38.2 Å². The van der Waals surface area contributed by atoms with Gasteiger partial charge in [0.2, 0.25) is 0 Å². The van der Waals surface area contributed by atoms with E-state index in [0.717, 1.165) is 5.75 Å². The Morgan fingerprint density at radius 2 is 1.83 bits per heavy atom. The molecule has 0 bridgehead atoms. The van der Waals surface area contributed by atoms with Crippen LogP contribution in [0, 0.1) is 5.41 Å². The van der Waals surface area contributed by atoms with Crippen molar-refractivity contribution < 1.29 is 4.74 Å². The van der Waals surface area contributed by atoms with Crippen molar-refractivity contribution in [2.24, 2.45) is 5.41 Å². The molecule has 2 aliphatic carbocycles. The first-order valence-electron chi connectivity index (χ1n) is 6.80. The summed E-state index contributed by atoms with van der Waals surface area (Å²) in [6, 6.07) is 8.48. The molecule has 1 aromatic carbocycles. The van der Waals surface area contributed by atoms with Crippen LogP contribution in [0.15, 0.2) is 42.0 Å². The number of methoxy groups -OCH3 is 1. The van der Waals surface area contributed by atoms with Crippen molar-refractivity contribution in [3.63, 3.8) is 0 Å². The van der Waals surface area contributed by atoms with Gasteiger partial charge in [-0.2, -0.15) is 0 Å². The summed E-state index contributed by atoms with van der Waals surface area (Å²) in [5.41, 5.74) is 4.73. The zero-order valence-corrected chi connectivity index (χ0v) is 11.2. The summed E-state index contributed by atoms with van der Waals surface area (Å²) in [4.78, 5) is 0. The summed E-state index contributed by atoms with van der Waals surface area (Å²) in [6.07, 6.45) is 9.93. The molecule has 2 aliphatic rings. The molecule has 1 fully saturated rings. The standard InChI is InChI=1S/C17H20O/c1-17-12-4-3-5-14(17)8-11-16(17)13-6-9-15(18-2)10-7-13/h6-11H,3-5,12H2,1-2H3/t17-/m1/s1. The Bertz CT molecular complexity index is 507. The van der Waals surface area contributed by atoms with E-state index in [1.807, 2.05) is 0 Å². The van der Waals surface area contributed by atoms with E-state index in [4.69, 9.17) is 4.74 Å². The maximum Gasteiger partial charge on any atom is 0.118 e. The van der Waals surface area contributed by atoms with Crippen molar-refractivity contribution in [1.29, 1.82) is 0 Å². The van der Waals surface area contributed by atoms with Crippen molar-refractivity contribution in [3.05, 3.63) is 47.6 Å². The second-order valence-electron chi connectivity index (χ2n) is 5.54. The number of ether oxygens (including phenoxy) is 1. The van der Waals surface area contributed by atoms with E-state index in [9.17, 15) is 0 Å². The molecule has 1 nitrogen and oxygen atoms in total. The number of hydrogen-bond donors (Lipinski definition) is 0. The van der Waals surface area contributed by atoms with E-state index in [1.165, 1.54) is 36.8 Å². The first-order valence-corrected chi connectivity index (χ1v) is 6.80. The van der Waals surface area contributed by atoms with Gasteiger partial charge in [0.15, 0.2) is 0 Å². The molecule has 0 heterocycles. The molecule has 94 valence electrons. The van der Waals surface area contributed by atoms with Gasteiger partial charge in [-0.05, 0) is 42.5 Å². The average Bonchev–Trinajstić information content (AvgIpc) is 2.76. The molecule has 18 heavy (non-hydrogen) atoms. The van der Waals surface area contributed by atoms with Gasteiger partial charge in [-0.15, -0.1) is 0 Å². The van der Waals surface area contributed by atoms with Gasteiger partial charge >= 0.3 is 0 Å². The lowest BCUT2D eigenvalue weighted by Gasteiger charge is -2.36. The summed E-state index contributed by atoms with van der Waals surface area (Å²) < 4.78 is 5.23. The van der Waals surface area contributed by atoms with E-state index >= 15 is 0 Å². The van der Waals surface area contributed by atoms with Crippen molar-refractivity contribution >= 4 is 5.57 Å². The highest BCUT2D eigenvalue weighted by Gasteiger charge is 2.37. The first-order chi connectivity index (χ1) is 8.74. The topological polar surface area (TPSA) is 9.23 Å². The minimum absolute atomic E-state index is 0.285. The van der Waals surface area contributed by atoms with Gasteiger partial charge in [0.05, 0.1) is 7.11 Å². The van der Waals surface area contributed by atoms with Crippen LogP contribution < -0.4 is 4.74 Å². The summed E-state index contributed by atoms with van der Waals surface area (Å²) in [5, 5.41) is 0. The van der Waals surface area contributed by atoms with Gasteiger partial charge in [-0.1, -0.05) is 43.2 Å². The Labute approximate surface area is 109 Å². The Balaban J connectivity index is 1.93. The zero-order valence-electron chi connectivity index (χ0n) is 11.2. The molecule has 1 heteroatoms. The molecule has 0 saturated heterocycles. The third kappa shape index (κ3) is 1.69. The summed E-state index contributed by atoms with van der Waals surface area (Å²) in [5.74, 6) is 0.930. The Kier molecular flexibility index (Phi) is 2.77. The molecule has 1 saturated carbocycles. The van der Waals surface area contributed by atoms with E-state index < -0.39 is 0 Å². The highest BCUT2D eigenvalue weighted by molar-refractivity contribution is 5.78. The Morgan fingerprint density at radius 1 is 1.06 bits per heavy atom. The minimum Gasteiger partial charge on any atom is -0.497 e. The monoisotopic (exact) mass is 240 g/mol.